The van der Waals surface area contributed by atoms with E-state index in [0.29, 0.717) is 24.5 Å². The van der Waals surface area contributed by atoms with Gasteiger partial charge in [-0.3, -0.25) is 0 Å². The van der Waals surface area contributed by atoms with Gasteiger partial charge >= 0.3 is 6.18 Å². The molecule has 1 fully saturated rings. The molecule has 1 unspecified atom stereocenters. The van der Waals surface area contributed by atoms with Crippen molar-refractivity contribution in [2.24, 2.45) is 11.7 Å². The molecule has 2 nitrogen and oxygen atoms in total. The summed E-state index contributed by atoms with van der Waals surface area (Å²) in [4.78, 5) is 0. The molecule has 120 valence electrons. The lowest BCUT2D eigenvalue weighted by Crippen LogP contribution is -2.21. The molecule has 2 N–H and O–H groups in total. The van der Waals surface area contributed by atoms with E-state index in [4.69, 9.17) is 10.5 Å². The monoisotopic (exact) mass is 323 g/mol. The number of nitrogens with two attached hydrogens (primary N) is 1. The van der Waals surface area contributed by atoms with Gasteiger partial charge < -0.3 is 10.5 Å². The number of hydrogen-bond acceptors (Lipinski definition) is 2. The SMILES string of the molecule is CCC(N)Cc1ccc(OCC2CC2)c(C(F)(F)F)c1.Cl. The molecule has 21 heavy (non-hydrogen) atoms. The Bertz CT molecular complexity index is 461. The molecule has 1 atom stereocenters. The molecule has 1 aliphatic rings. The number of rotatable bonds is 6. The minimum absolute atomic E-state index is 0. The molecule has 2 rings (SSSR count). The van der Waals surface area contributed by atoms with Crippen LogP contribution in [0.2, 0.25) is 0 Å². The normalized spacial score (nSPS) is 16.2. The smallest absolute Gasteiger partial charge is 0.419 e. The van der Waals surface area contributed by atoms with Gasteiger partial charge in [-0.05, 0) is 49.3 Å². The summed E-state index contributed by atoms with van der Waals surface area (Å²) in [5, 5.41) is 0. The Morgan fingerprint density at radius 3 is 2.52 bits per heavy atom. The van der Waals surface area contributed by atoms with E-state index < -0.39 is 11.7 Å². The Labute approximate surface area is 129 Å². The molecule has 0 saturated heterocycles. The predicted octanol–water partition coefficient (Wildman–Crippen LogP) is 4.20. The van der Waals surface area contributed by atoms with Crippen LogP contribution in [0.15, 0.2) is 18.2 Å². The van der Waals surface area contributed by atoms with E-state index in [2.05, 4.69) is 0 Å². The number of halogens is 4. The molecule has 1 saturated carbocycles. The molecule has 0 bridgehead atoms. The third-order valence-corrected chi connectivity index (χ3v) is 3.54. The molecule has 0 aliphatic heterocycles. The van der Waals surface area contributed by atoms with Crippen molar-refractivity contribution in [3.8, 4) is 5.75 Å². The van der Waals surface area contributed by atoms with Crippen molar-refractivity contribution in [1.82, 2.24) is 0 Å². The quantitative estimate of drug-likeness (QED) is 0.851. The van der Waals surface area contributed by atoms with Crippen LogP contribution < -0.4 is 10.5 Å². The van der Waals surface area contributed by atoms with Crippen LogP contribution in [0.4, 0.5) is 13.2 Å². The van der Waals surface area contributed by atoms with Crippen molar-refractivity contribution in [3.05, 3.63) is 29.3 Å². The van der Waals surface area contributed by atoms with Crippen molar-refractivity contribution < 1.29 is 17.9 Å². The van der Waals surface area contributed by atoms with Gasteiger partial charge in [0.25, 0.3) is 0 Å². The summed E-state index contributed by atoms with van der Waals surface area (Å²) in [5.41, 5.74) is 5.70. The van der Waals surface area contributed by atoms with Gasteiger partial charge in [0.15, 0.2) is 0 Å². The summed E-state index contributed by atoms with van der Waals surface area (Å²) in [7, 11) is 0. The number of hydrogen-bond donors (Lipinski definition) is 1. The van der Waals surface area contributed by atoms with Crippen LogP contribution in [0.25, 0.3) is 0 Å². The lowest BCUT2D eigenvalue weighted by atomic mass is 10.0. The first kappa shape index (κ1) is 18.1. The van der Waals surface area contributed by atoms with Gasteiger partial charge in [0.2, 0.25) is 0 Å². The number of ether oxygens (including phenoxy) is 1. The van der Waals surface area contributed by atoms with E-state index in [1.165, 1.54) is 6.07 Å². The Balaban J connectivity index is 0.00000220. The summed E-state index contributed by atoms with van der Waals surface area (Å²) in [6.45, 7) is 2.29. The highest BCUT2D eigenvalue weighted by Crippen LogP contribution is 2.38. The topological polar surface area (TPSA) is 35.2 Å². The summed E-state index contributed by atoms with van der Waals surface area (Å²) in [6, 6.07) is 4.14. The van der Waals surface area contributed by atoms with Crippen LogP contribution in [0.3, 0.4) is 0 Å². The fraction of sp³-hybridized carbons (Fsp3) is 0.600. The van der Waals surface area contributed by atoms with Crippen LogP contribution in [0.1, 0.15) is 37.3 Å². The van der Waals surface area contributed by atoms with Crippen molar-refractivity contribution in [3.63, 3.8) is 0 Å². The van der Waals surface area contributed by atoms with Gasteiger partial charge in [-0.1, -0.05) is 13.0 Å². The van der Waals surface area contributed by atoms with Crippen molar-refractivity contribution in [1.29, 1.82) is 0 Å². The first-order valence-corrected chi connectivity index (χ1v) is 6.98. The molecular formula is C15H21ClF3NO. The van der Waals surface area contributed by atoms with Crippen LogP contribution >= 0.6 is 12.4 Å². The molecule has 0 spiro atoms. The molecule has 6 heteroatoms. The van der Waals surface area contributed by atoms with Crippen LogP contribution in [0, 0.1) is 5.92 Å². The fourth-order valence-electron chi connectivity index (χ4n) is 1.99. The third kappa shape index (κ3) is 5.40. The summed E-state index contributed by atoms with van der Waals surface area (Å²) < 4.78 is 44.6. The van der Waals surface area contributed by atoms with Gasteiger partial charge in [0.05, 0.1) is 12.2 Å². The van der Waals surface area contributed by atoms with Gasteiger partial charge in [0.1, 0.15) is 5.75 Å². The predicted molar refractivity (Wildman–Crippen MR) is 78.9 cm³/mol. The maximum Gasteiger partial charge on any atom is 0.419 e. The van der Waals surface area contributed by atoms with Gasteiger partial charge in [-0.25, -0.2) is 0 Å². The average Bonchev–Trinajstić information content (AvgIpc) is 3.20. The van der Waals surface area contributed by atoms with E-state index in [1.807, 2.05) is 6.92 Å². The second-order valence-electron chi connectivity index (χ2n) is 5.46. The van der Waals surface area contributed by atoms with Gasteiger partial charge in [-0.15, -0.1) is 12.4 Å². The molecule has 1 aromatic rings. The van der Waals surface area contributed by atoms with Gasteiger partial charge in [-0.2, -0.15) is 13.2 Å². The first-order valence-electron chi connectivity index (χ1n) is 6.98. The first-order chi connectivity index (χ1) is 9.40. The molecule has 1 aromatic carbocycles. The van der Waals surface area contributed by atoms with Crippen LogP contribution in [0.5, 0.6) is 5.75 Å². The lowest BCUT2D eigenvalue weighted by Gasteiger charge is -2.16. The Kier molecular flexibility index (Phi) is 6.35. The molecular weight excluding hydrogens is 303 g/mol. The van der Waals surface area contributed by atoms with E-state index in [9.17, 15) is 13.2 Å². The van der Waals surface area contributed by atoms with Crippen LogP contribution in [-0.2, 0) is 12.6 Å². The highest BCUT2D eigenvalue weighted by molar-refractivity contribution is 5.85. The third-order valence-electron chi connectivity index (χ3n) is 3.54. The second-order valence-corrected chi connectivity index (χ2v) is 5.46. The fourth-order valence-corrected chi connectivity index (χ4v) is 1.99. The molecule has 0 heterocycles. The largest absolute Gasteiger partial charge is 0.493 e. The van der Waals surface area contributed by atoms with E-state index in [0.717, 1.165) is 25.3 Å². The van der Waals surface area contributed by atoms with Crippen molar-refractivity contribution in [2.75, 3.05) is 6.61 Å². The zero-order valence-corrected chi connectivity index (χ0v) is 12.8. The average molecular weight is 324 g/mol. The highest BCUT2D eigenvalue weighted by atomic mass is 35.5. The maximum absolute atomic E-state index is 13.1. The van der Waals surface area contributed by atoms with Crippen molar-refractivity contribution in [2.45, 2.75) is 44.8 Å². The number of benzene rings is 1. The molecule has 1 aliphatic carbocycles. The second kappa shape index (κ2) is 7.36. The lowest BCUT2D eigenvalue weighted by molar-refractivity contribution is -0.139. The zero-order chi connectivity index (χ0) is 14.8. The number of alkyl halides is 3. The molecule has 0 aromatic heterocycles. The zero-order valence-electron chi connectivity index (χ0n) is 12.0. The summed E-state index contributed by atoms with van der Waals surface area (Å²) in [5.74, 6) is 0.350. The van der Waals surface area contributed by atoms with Crippen molar-refractivity contribution >= 4 is 12.4 Å². The Morgan fingerprint density at radius 1 is 1.33 bits per heavy atom. The Hall–Kier alpha value is -0.940. The van der Waals surface area contributed by atoms with E-state index in [1.54, 1.807) is 6.07 Å². The highest BCUT2D eigenvalue weighted by Gasteiger charge is 2.35. The van der Waals surface area contributed by atoms with E-state index >= 15 is 0 Å². The standard InChI is InChI=1S/C15H20F3NO.ClH/c1-2-12(19)7-11-5-6-14(20-9-10-3-4-10)13(8-11)15(16,17)18;/h5-6,8,10,12H,2-4,7,9,19H2,1H3;1H. The Morgan fingerprint density at radius 2 is 2.00 bits per heavy atom. The summed E-state index contributed by atoms with van der Waals surface area (Å²) in [6.07, 6.45) is -1.12. The minimum Gasteiger partial charge on any atom is -0.493 e. The molecule has 0 amide bonds. The molecule has 0 radical (unpaired) electrons. The summed E-state index contributed by atoms with van der Waals surface area (Å²) >= 11 is 0. The van der Waals surface area contributed by atoms with E-state index in [-0.39, 0.29) is 24.2 Å². The van der Waals surface area contributed by atoms with Crippen LogP contribution in [-0.4, -0.2) is 12.6 Å². The van der Waals surface area contributed by atoms with Gasteiger partial charge in [0, 0.05) is 6.04 Å². The minimum atomic E-state index is -4.40. The maximum atomic E-state index is 13.1.